The third-order valence-corrected chi connectivity index (χ3v) is 4.73. The first kappa shape index (κ1) is 17.5. The number of carbonyl (C=O) groups excluding carboxylic acids is 1. The molecule has 3 rings (SSSR count). The molecule has 1 aliphatic rings. The molecule has 0 bridgehead atoms. The number of hydrogen-bond acceptors (Lipinski definition) is 4. The molecule has 0 saturated carbocycles. The monoisotopic (exact) mass is 342 g/mol. The molecule has 5 nitrogen and oxygen atoms in total. The predicted octanol–water partition coefficient (Wildman–Crippen LogP) is 2.51. The first-order valence-electron chi connectivity index (χ1n) is 8.56. The average molecular weight is 342 g/mol. The van der Waals surface area contributed by atoms with Crippen LogP contribution in [-0.2, 0) is 0 Å². The molecule has 1 aromatic carbocycles. The maximum atomic E-state index is 13.3. The highest BCUT2D eigenvalue weighted by molar-refractivity contribution is 5.94. The van der Waals surface area contributed by atoms with Gasteiger partial charge in [-0.2, -0.15) is 0 Å². The van der Waals surface area contributed by atoms with Crippen molar-refractivity contribution in [3.8, 4) is 11.3 Å². The Morgan fingerprint density at radius 2 is 1.96 bits per heavy atom. The zero-order valence-corrected chi connectivity index (χ0v) is 14.4. The van der Waals surface area contributed by atoms with E-state index in [2.05, 4.69) is 35.0 Å². The van der Waals surface area contributed by atoms with E-state index in [4.69, 9.17) is 0 Å². The molecule has 0 aliphatic carbocycles. The van der Waals surface area contributed by atoms with E-state index in [0.717, 1.165) is 6.42 Å². The highest BCUT2D eigenvalue weighted by Crippen LogP contribution is 2.19. The molecule has 2 unspecified atom stereocenters. The fourth-order valence-electron chi connectivity index (χ4n) is 3.21. The predicted molar refractivity (Wildman–Crippen MR) is 95.3 cm³/mol. The van der Waals surface area contributed by atoms with E-state index in [0.29, 0.717) is 41.4 Å². The maximum absolute atomic E-state index is 13.3. The van der Waals surface area contributed by atoms with Crippen molar-refractivity contribution in [2.45, 2.75) is 32.4 Å². The van der Waals surface area contributed by atoms with Crippen molar-refractivity contribution < 1.29 is 9.18 Å². The largest absolute Gasteiger partial charge is 0.352 e. The van der Waals surface area contributed by atoms with Crippen LogP contribution in [0.3, 0.4) is 0 Å². The zero-order chi connectivity index (χ0) is 17.8. The molecule has 25 heavy (non-hydrogen) atoms. The Kier molecular flexibility index (Phi) is 5.40. The van der Waals surface area contributed by atoms with Crippen LogP contribution >= 0.6 is 0 Å². The molecule has 0 spiro atoms. The number of halogens is 1. The second kappa shape index (κ2) is 7.72. The highest BCUT2D eigenvalue weighted by Gasteiger charge is 2.29. The van der Waals surface area contributed by atoms with Crippen LogP contribution in [0.4, 0.5) is 4.39 Å². The van der Waals surface area contributed by atoms with Crippen LogP contribution in [0, 0.1) is 11.7 Å². The molecule has 2 aromatic rings. The number of nitrogens with zero attached hydrogens (tertiary/aromatic N) is 1. The summed E-state index contributed by atoms with van der Waals surface area (Å²) in [5.74, 6) is 0.0340. The summed E-state index contributed by atoms with van der Waals surface area (Å²) in [5, 5.41) is 2.94. The van der Waals surface area contributed by atoms with Crippen molar-refractivity contribution in [1.82, 2.24) is 21.2 Å². The minimum atomic E-state index is -0.305. The number of hydrazine groups is 1. The summed E-state index contributed by atoms with van der Waals surface area (Å²) in [6.45, 7) is 4.89. The quantitative estimate of drug-likeness (QED) is 0.781. The standard InChI is InChI=1S/C19H23FN4O/c1-12-17(13(2)24-23-12)8-9-21-19(25)15-6-7-18(22-11-15)14-4-3-5-16(20)10-14/h3-7,10-13,17,23-24H,8-9H2,1-2H3,(H,21,25). The number of carbonyl (C=O) groups is 1. The summed E-state index contributed by atoms with van der Waals surface area (Å²) in [4.78, 5) is 16.5. The Balaban J connectivity index is 1.56. The lowest BCUT2D eigenvalue weighted by Crippen LogP contribution is -2.31. The third kappa shape index (κ3) is 4.21. The molecule has 6 heteroatoms. The third-order valence-electron chi connectivity index (χ3n) is 4.73. The van der Waals surface area contributed by atoms with Gasteiger partial charge in [0.05, 0.1) is 11.3 Å². The van der Waals surface area contributed by atoms with Gasteiger partial charge < -0.3 is 5.32 Å². The summed E-state index contributed by atoms with van der Waals surface area (Å²) >= 11 is 0. The number of rotatable bonds is 5. The number of hydrogen-bond donors (Lipinski definition) is 3. The van der Waals surface area contributed by atoms with Crippen LogP contribution in [-0.4, -0.2) is 29.5 Å². The van der Waals surface area contributed by atoms with E-state index in [1.54, 1.807) is 24.3 Å². The topological polar surface area (TPSA) is 66.0 Å². The fraction of sp³-hybridized carbons (Fsp3) is 0.368. The molecule has 2 atom stereocenters. The lowest BCUT2D eigenvalue weighted by molar-refractivity contribution is 0.0950. The molecule has 1 aliphatic heterocycles. The maximum Gasteiger partial charge on any atom is 0.252 e. The summed E-state index contributed by atoms with van der Waals surface area (Å²) in [5.41, 5.74) is 8.27. The number of nitrogens with one attached hydrogen (secondary N) is 3. The second-order valence-corrected chi connectivity index (χ2v) is 6.52. The van der Waals surface area contributed by atoms with Gasteiger partial charge in [-0.25, -0.2) is 4.39 Å². The fourth-order valence-corrected chi connectivity index (χ4v) is 3.21. The SMILES string of the molecule is CC1NNC(C)C1CCNC(=O)c1ccc(-c2cccc(F)c2)nc1. The van der Waals surface area contributed by atoms with Gasteiger partial charge >= 0.3 is 0 Å². The molecule has 2 heterocycles. The molecule has 1 saturated heterocycles. The number of pyridine rings is 1. The minimum absolute atomic E-state index is 0.141. The number of amides is 1. The zero-order valence-electron chi connectivity index (χ0n) is 14.4. The molecular weight excluding hydrogens is 319 g/mol. The Hall–Kier alpha value is -2.31. The van der Waals surface area contributed by atoms with E-state index in [9.17, 15) is 9.18 Å². The average Bonchev–Trinajstić information content (AvgIpc) is 2.94. The van der Waals surface area contributed by atoms with Gasteiger partial charge in [0.1, 0.15) is 5.82 Å². The first-order valence-corrected chi connectivity index (χ1v) is 8.56. The van der Waals surface area contributed by atoms with Crippen LogP contribution < -0.4 is 16.2 Å². The Morgan fingerprint density at radius 3 is 2.60 bits per heavy atom. The van der Waals surface area contributed by atoms with Gasteiger partial charge in [0, 0.05) is 30.4 Å². The van der Waals surface area contributed by atoms with Gasteiger partial charge in [0.15, 0.2) is 0 Å². The van der Waals surface area contributed by atoms with E-state index >= 15 is 0 Å². The Bertz CT molecular complexity index is 724. The lowest BCUT2D eigenvalue weighted by Gasteiger charge is -2.17. The van der Waals surface area contributed by atoms with Gasteiger partial charge in [-0.1, -0.05) is 12.1 Å². The molecule has 132 valence electrons. The smallest absolute Gasteiger partial charge is 0.252 e. The second-order valence-electron chi connectivity index (χ2n) is 6.52. The van der Waals surface area contributed by atoms with Crippen molar-refractivity contribution in [2.75, 3.05) is 6.54 Å². The van der Waals surface area contributed by atoms with Gasteiger partial charge in [-0.3, -0.25) is 20.6 Å². The van der Waals surface area contributed by atoms with Crippen LogP contribution in [0.2, 0.25) is 0 Å². The van der Waals surface area contributed by atoms with Crippen LogP contribution in [0.25, 0.3) is 11.3 Å². The summed E-state index contributed by atoms with van der Waals surface area (Å²) in [7, 11) is 0. The van der Waals surface area contributed by atoms with E-state index < -0.39 is 0 Å². The van der Waals surface area contributed by atoms with Crippen LogP contribution in [0.1, 0.15) is 30.6 Å². The summed E-state index contributed by atoms with van der Waals surface area (Å²) in [6.07, 6.45) is 2.43. The van der Waals surface area contributed by atoms with Crippen LogP contribution in [0.5, 0.6) is 0 Å². The van der Waals surface area contributed by atoms with Gasteiger partial charge in [-0.05, 0) is 50.5 Å². The molecule has 1 amide bonds. The molecule has 0 radical (unpaired) electrons. The van der Waals surface area contributed by atoms with Crippen molar-refractivity contribution in [3.63, 3.8) is 0 Å². The summed E-state index contributed by atoms with van der Waals surface area (Å²) in [6, 6.07) is 10.5. The van der Waals surface area contributed by atoms with Crippen LogP contribution in [0.15, 0.2) is 42.6 Å². The molecule has 1 aromatic heterocycles. The van der Waals surface area contributed by atoms with Gasteiger partial charge in [0.25, 0.3) is 5.91 Å². The molecule has 1 fully saturated rings. The van der Waals surface area contributed by atoms with E-state index in [1.165, 1.54) is 18.3 Å². The number of benzene rings is 1. The number of aromatic nitrogens is 1. The van der Waals surface area contributed by atoms with Gasteiger partial charge in [-0.15, -0.1) is 0 Å². The summed E-state index contributed by atoms with van der Waals surface area (Å²) < 4.78 is 13.3. The lowest BCUT2D eigenvalue weighted by atomic mass is 9.93. The highest BCUT2D eigenvalue weighted by atomic mass is 19.1. The Morgan fingerprint density at radius 1 is 1.20 bits per heavy atom. The van der Waals surface area contributed by atoms with Crippen molar-refractivity contribution in [1.29, 1.82) is 0 Å². The molecular formula is C19H23FN4O. The normalized spacial score (nSPS) is 22.8. The molecule has 3 N–H and O–H groups in total. The van der Waals surface area contributed by atoms with Gasteiger partial charge in [0.2, 0.25) is 0 Å². The van der Waals surface area contributed by atoms with E-state index in [1.807, 2.05) is 0 Å². The van der Waals surface area contributed by atoms with Crippen molar-refractivity contribution in [2.24, 2.45) is 5.92 Å². The van der Waals surface area contributed by atoms with E-state index in [-0.39, 0.29) is 11.7 Å². The van der Waals surface area contributed by atoms with Crippen molar-refractivity contribution >= 4 is 5.91 Å². The van der Waals surface area contributed by atoms with Crippen molar-refractivity contribution in [3.05, 3.63) is 54.0 Å². The first-order chi connectivity index (χ1) is 12.0. The Labute approximate surface area is 147 Å². The minimum Gasteiger partial charge on any atom is -0.352 e.